The summed E-state index contributed by atoms with van der Waals surface area (Å²) in [7, 11) is -6.51. The van der Waals surface area contributed by atoms with Crippen molar-refractivity contribution in [2.45, 2.75) is 135 Å². The molecule has 0 heterocycles. The second kappa shape index (κ2) is 12.2. The van der Waals surface area contributed by atoms with Crippen molar-refractivity contribution in [3.05, 3.63) is 0 Å². The largest absolute Gasteiger partial charge is 0.509 e. The monoisotopic (exact) mass is 644 g/mol. The fraction of sp³-hybridized carbons (Fsp3) is 0.968. The molecule has 1 N–H and O–H groups in total. The Balaban J connectivity index is 1.38. The molecule has 4 aliphatic rings. The van der Waals surface area contributed by atoms with E-state index in [0.29, 0.717) is 48.3 Å². The van der Waals surface area contributed by atoms with Gasteiger partial charge in [-0.25, -0.2) is 4.79 Å². The van der Waals surface area contributed by atoms with Crippen molar-refractivity contribution < 1.29 is 49.2 Å². The molecule has 2 unspecified atom stereocenters. The zero-order chi connectivity index (χ0) is 32.2. The van der Waals surface area contributed by atoms with E-state index in [-0.39, 0.29) is 11.3 Å². The summed E-state index contributed by atoms with van der Waals surface area (Å²) in [5.74, 6) is 4.13. The summed E-state index contributed by atoms with van der Waals surface area (Å²) < 4.78 is 107. The van der Waals surface area contributed by atoms with E-state index in [9.17, 15) is 35.2 Å². The minimum Gasteiger partial charge on any atom is -0.431 e. The average molecular weight is 645 g/mol. The molecule has 0 aromatic heterocycles. The predicted octanol–water partition coefficient (Wildman–Crippen LogP) is 9.04. The number of hydrogen-bond donors (Lipinski definition) is 1. The van der Waals surface area contributed by atoms with Crippen molar-refractivity contribution in [2.75, 3.05) is 0 Å². The predicted molar refractivity (Wildman–Crippen MR) is 151 cm³/mol. The van der Waals surface area contributed by atoms with Gasteiger partial charge in [0.05, 0.1) is 0 Å². The summed E-state index contributed by atoms with van der Waals surface area (Å²) >= 11 is 0. The lowest BCUT2D eigenvalue weighted by Crippen LogP contribution is -2.54. The molecule has 10 atom stereocenters. The van der Waals surface area contributed by atoms with E-state index < -0.39 is 39.9 Å². The number of hydrogen-bond acceptors (Lipinski definition) is 5. The van der Waals surface area contributed by atoms with Gasteiger partial charge in [-0.1, -0.05) is 53.9 Å². The highest BCUT2D eigenvalue weighted by Crippen LogP contribution is 2.68. The lowest BCUT2D eigenvalue weighted by molar-refractivity contribution is -0.253. The maximum absolute atomic E-state index is 13.8. The smallest absolute Gasteiger partial charge is 0.431 e. The molecule has 4 rings (SSSR count). The van der Waals surface area contributed by atoms with E-state index in [1.54, 1.807) is 0 Å². The highest BCUT2D eigenvalue weighted by molar-refractivity contribution is 7.86. The van der Waals surface area contributed by atoms with E-state index in [1.165, 1.54) is 38.5 Å². The van der Waals surface area contributed by atoms with Crippen LogP contribution in [-0.4, -0.2) is 42.8 Å². The first-order valence-electron chi connectivity index (χ1n) is 16.0. The van der Waals surface area contributed by atoms with Gasteiger partial charge in [-0.15, -0.1) is 0 Å². The zero-order valence-corrected chi connectivity index (χ0v) is 26.8. The van der Waals surface area contributed by atoms with Crippen molar-refractivity contribution in [2.24, 2.45) is 52.3 Å². The molecule has 0 spiro atoms. The van der Waals surface area contributed by atoms with Gasteiger partial charge in [-0.05, 0) is 110 Å². The van der Waals surface area contributed by atoms with Crippen LogP contribution in [0.5, 0.6) is 0 Å². The van der Waals surface area contributed by atoms with Crippen LogP contribution in [-0.2, 0) is 19.6 Å². The van der Waals surface area contributed by atoms with E-state index in [1.807, 2.05) is 0 Å². The Kier molecular flexibility index (Phi) is 9.85. The number of carbonyl (C=O) groups is 1. The third-order valence-corrected chi connectivity index (χ3v) is 13.1. The van der Waals surface area contributed by atoms with E-state index in [0.717, 1.165) is 31.1 Å². The fourth-order valence-corrected chi connectivity index (χ4v) is 10.5. The Hall–Kier alpha value is -1.17. The fourth-order valence-electron chi connectivity index (χ4n) is 10.1. The Bertz CT molecular complexity index is 1110. The Labute approximate surface area is 253 Å². The summed E-state index contributed by atoms with van der Waals surface area (Å²) in [4.78, 5) is 12.2. The molecule has 4 saturated carbocycles. The first-order chi connectivity index (χ1) is 19.7. The van der Waals surface area contributed by atoms with Crippen molar-refractivity contribution in [3.63, 3.8) is 0 Å². The van der Waals surface area contributed by atoms with Crippen molar-refractivity contribution in [1.82, 2.24) is 0 Å². The summed E-state index contributed by atoms with van der Waals surface area (Å²) in [6.07, 6.45) is -1.14. The van der Waals surface area contributed by atoms with Crippen LogP contribution in [0.25, 0.3) is 0 Å². The maximum Gasteiger partial charge on any atom is 0.509 e. The molecular weight excluding hydrogens is 595 g/mol. The highest BCUT2D eigenvalue weighted by atomic mass is 32.2. The SMILES string of the molecule is CC(C)CCC[C@@H](C)[C@H]1CC[C@H]2[C@@H]3CC[C@H]4CC(OC(=O)OC(C(F)(F)F)C(F)(F)S(=O)(=O)O)CC[C@]4(C)[C@H]3CC[C@]12C. The van der Waals surface area contributed by atoms with Crippen LogP contribution in [0.2, 0.25) is 0 Å². The lowest BCUT2D eigenvalue weighted by atomic mass is 9.44. The number of fused-ring (bicyclic) bond motifs is 5. The van der Waals surface area contributed by atoms with Crippen molar-refractivity contribution in [3.8, 4) is 0 Å². The average Bonchev–Trinajstić information content (AvgIpc) is 3.23. The quantitative estimate of drug-likeness (QED) is 0.153. The van der Waals surface area contributed by atoms with Gasteiger partial charge in [0.1, 0.15) is 6.10 Å². The number of carbonyl (C=O) groups excluding carboxylic acids is 1. The minimum absolute atomic E-state index is 0.0124. The summed E-state index contributed by atoms with van der Waals surface area (Å²) in [6.45, 7) is 11.8. The van der Waals surface area contributed by atoms with E-state index in [4.69, 9.17) is 9.29 Å². The van der Waals surface area contributed by atoms with Crippen LogP contribution in [0.3, 0.4) is 0 Å². The first-order valence-corrected chi connectivity index (χ1v) is 17.4. The first kappa shape index (κ1) is 34.7. The van der Waals surface area contributed by atoms with Gasteiger partial charge in [-0.2, -0.15) is 30.4 Å². The molecular formula is C31H49F5O6S. The van der Waals surface area contributed by atoms with Crippen LogP contribution in [0, 0.1) is 52.3 Å². The molecule has 0 aromatic carbocycles. The summed E-state index contributed by atoms with van der Waals surface area (Å²) in [5.41, 5.74) is 0.326. The molecule has 43 heavy (non-hydrogen) atoms. The van der Waals surface area contributed by atoms with Crippen LogP contribution >= 0.6 is 0 Å². The molecule has 250 valence electrons. The summed E-state index contributed by atoms with van der Waals surface area (Å²) in [6, 6.07) is 0. The standard InChI is InChI=1S/C31H49F5O6S/c1-18(2)7-6-8-19(3)23-11-12-24-22-10-9-20-17-21(13-15-28(20,4)25(22)14-16-29(23,24)5)41-27(37)42-26(30(32,33)34)31(35,36)43(38,39)40/h18-26H,6-17H2,1-5H3,(H,38,39,40)/t19-,20+,21?,22+,23-,24+,25+,26?,28+,29-/m1/s1. The van der Waals surface area contributed by atoms with Crippen molar-refractivity contribution >= 4 is 16.3 Å². The molecule has 4 fully saturated rings. The molecule has 0 bridgehead atoms. The van der Waals surface area contributed by atoms with E-state index >= 15 is 0 Å². The van der Waals surface area contributed by atoms with Gasteiger partial charge in [0.2, 0.25) is 0 Å². The molecule has 0 amide bonds. The third-order valence-electron chi connectivity index (χ3n) is 12.2. The number of ether oxygens (including phenoxy) is 2. The maximum atomic E-state index is 13.8. The van der Waals surface area contributed by atoms with Gasteiger partial charge in [0, 0.05) is 0 Å². The zero-order valence-electron chi connectivity index (χ0n) is 26.0. The molecule has 0 aromatic rings. The van der Waals surface area contributed by atoms with Crippen LogP contribution < -0.4 is 0 Å². The van der Waals surface area contributed by atoms with Crippen LogP contribution in [0.4, 0.5) is 26.7 Å². The van der Waals surface area contributed by atoms with Crippen molar-refractivity contribution in [1.29, 1.82) is 0 Å². The van der Waals surface area contributed by atoms with Crippen LogP contribution in [0.15, 0.2) is 0 Å². The topological polar surface area (TPSA) is 89.9 Å². The molecule has 0 saturated heterocycles. The number of alkyl halides is 5. The Morgan fingerprint density at radius 2 is 1.53 bits per heavy atom. The Morgan fingerprint density at radius 1 is 0.907 bits per heavy atom. The minimum atomic E-state index is -6.51. The number of rotatable bonds is 9. The lowest BCUT2D eigenvalue weighted by Gasteiger charge is -2.61. The van der Waals surface area contributed by atoms with Gasteiger partial charge in [0.25, 0.3) is 6.10 Å². The molecule has 0 aliphatic heterocycles. The van der Waals surface area contributed by atoms with Crippen LogP contribution in [0.1, 0.15) is 112 Å². The number of halogens is 5. The molecule has 4 aliphatic carbocycles. The molecule has 12 heteroatoms. The second-order valence-corrected chi connectivity index (χ2v) is 16.5. The normalized spacial score (nSPS) is 38.0. The van der Waals surface area contributed by atoms with Gasteiger partial charge in [-0.3, -0.25) is 4.55 Å². The van der Waals surface area contributed by atoms with Gasteiger partial charge >= 0.3 is 27.7 Å². The summed E-state index contributed by atoms with van der Waals surface area (Å²) in [5, 5.41) is -5.78. The molecule has 6 nitrogen and oxygen atoms in total. The van der Waals surface area contributed by atoms with E-state index in [2.05, 4.69) is 39.4 Å². The van der Waals surface area contributed by atoms with Gasteiger partial charge in [0.15, 0.2) is 0 Å². The Morgan fingerprint density at radius 3 is 2.14 bits per heavy atom. The van der Waals surface area contributed by atoms with Gasteiger partial charge < -0.3 is 9.47 Å². The highest BCUT2D eigenvalue weighted by Gasteiger charge is 2.66. The second-order valence-electron chi connectivity index (χ2n) is 15.0. The molecule has 0 radical (unpaired) electrons. The third kappa shape index (κ3) is 6.70.